The van der Waals surface area contributed by atoms with Crippen molar-refractivity contribution in [1.82, 2.24) is 15.5 Å². The summed E-state index contributed by atoms with van der Waals surface area (Å²) in [4.78, 5) is 50.0. The Kier molecular flexibility index (Phi) is 8.32. The summed E-state index contributed by atoms with van der Waals surface area (Å²) in [6, 6.07) is 5.04. The molecule has 2 N–H and O–H groups in total. The van der Waals surface area contributed by atoms with Gasteiger partial charge in [-0.25, -0.2) is 9.59 Å². The van der Waals surface area contributed by atoms with Gasteiger partial charge >= 0.3 is 12.0 Å². The molecule has 0 radical (unpaired) electrons. The van der Waals surface area contributed by atoms with Crippen LogP contribution in [-0.2, 0) is 14.3 Å². The Morgan fingerprint density at radius 2 is 1.97 bits per heavy atom. The fourth-order valence-electron chi connectivity index (χ4n) is 2.68. The van der Waals surface area contributed by atoms with Crippen molar-refractivity contribution in [2.45, 2.75) is 25.5 Å². The average molecular weight is 423 g/mol. The molecule has 0 unspecified atom stereocenters. The van der Waals surface area contributed by atoms with Gasteiger partial charge in [0.05, 0.1) is 7.11 Å². The van der Waals surface area contributed by atoms with Crippen molar-refractivity contribution >= 4 is 35.6 Å². The molecule has 1 saturated heterocycles. The Labute approximate surface area is 173 Å². The molecule has 1 fully saturated rings. The molecular formula is C19H25N3O6S. The molecule has 0 aliphatic carbocycles. The van der Waals surface area contributed by atoms with E-state index in [1.807, 2.05) is 6.26 Å². The average Bonchev–Trinajstić information content (AvgIpc) is 3.15. The van der Waals surface area contributed by atoms with E-state index in [9.17, 15) is 19.2 Å². The number of ether oxygens (including phenoxy) is 2. The summed E-state index contributed by atoms with van der Waals surface area (Å²) in [6.07, 6.45) is 1.08. The monoisotopic (exact) mass is 423 g/mol. The van der Waals surface area contributed by atoms with Crippen LogP contribution in [-0.4, -0.2) is 73.1 Å². The maximum absolute atomic E-state index is 12.6. The van der Waals surface area contributed by atoms with E-state index in [4.69, 9.17) is 9.47 Å². The number of imide groups is 1. The van der Waals surface area contributed by atoms with Crippen LogP contribution in [0.1, 0.15) is 23.7 Å². The fraction of sp³-hybridized carbons (Fsp3) is 0.474. The van der Waals surface area contributed by atoms with Gasteiger partial charge in [-0.15, -0.1) is 0 Å². The minimum absolute atomic E-state index is 0.226. The van der Waals surface area contributed by atoms with E-state index in [-0.39, 0.29) is 6.54 Å². The third kappa shape index (κ3) is 6.11. The van der Waals surface area contributed by atoms with Gasteiger partial charge in [-0.3, -0.25) is 14.5 Å². The molecule has 2 rings (SSSR count). The number of carbonyl (C=O) groups is 4. The second kappa shape index (κ2) is 10.7. The maximum atomic E-state index is 12.6. The van der Waals surface area contributed by atoms with Crippen molar-refractivity contribution in [3.8, 4) is 5.75 Å². The standard InChI is InChI=1S/C19H25N3O6S/c1-12(17(24)22-10-9-20-19(22)26)28-18(25)15(8-11-29-3)21-16(23)13-4-6-14(27-2)7-5-13/h4-7,12,15H,8-11H2,1-3H3,(H,20,26)(H,21,23)/t12-,15-/m1/s1. The first-order valence-electron chi connectivity index (χ1n) is 9.11. The second-order valence-electron chi connectivity index (χ2n) is 6.34. The molecule has 1 aromatic rings. The quantitative estimate of drug-likeness (QED) is 0.570. The normalized spacial score (nSPS) is 15.3. The Hall–Kier alpha value is -2.75. The number of hydrogen-bond donors (Lipinski definition) is 2. The van der Waals surface area contributed by atoms with Crippen molar-refractivity contribution in [2.24, 2.45) is 0 Å². The topological polar surface area (TPSA) is 114 Å². The van der Waals surface area contributed by atoms with Gasteiger partial charge in [-0.05, 0) is 49.6 Å². The van der Waals surface area contributed by atoms with E-state index in [1.54, 1.807) is 24.3 Å². The molecule has 1 aliphatic heterocycles. The number of nitrogens with zero attached hydrogens (tertiary/aromatic N) is 1. The van der Waals surface area contributed by atoms with Crippen molar-refractivity contribution in [3.63, 3.8) is 0 Å². The highest BCUT2D eigenvalue weighted by Gasteiger charge is 2.33. The summed E-state index contributed by atoms with van der Waals surface area (Å²) in [5.74, 6) is -0.536. The lowest BCUT2D eigenvalue weighted by molar-refractivity contribution is -0.159. The van der Waals surface area contributed by atoms with Crippen molar-refractivity contribution in [2.75, 3.05) is 32.2 Å². The minimum atomic E-state index is -1.14. The predicted molar refractivity (Wildman–Crippen MR) is 108 cm³/mol. The van der Waals surface area contributed by atoms with Crippen LogP contribution in [0.2, 0.25) is 0 Å². The first-order valence-corrected chi connectivity index (χ1v) is 10.5. The molecule has 2 atom stereocenters. The zero-order chi connectivity index (χ0) is 21.4. The van der Waals surface area contributed by atoms with Crippen LogP contribution in [0, 0.1) is 0 Å². The number of carbonyl (C=O) groups excluding carboxylic acids is 4. The van der Waals surface area contributed by atoms with Gasteiger partial charge in [0.25, 0.3) is 11.8 Å². The van der Waals surface area contributed by atoms with Crippen LogP contribution in [0.5, 0.6) is 5.75 Å². The molecule has 158 valence electrons. The Morgan fingerprint density at radius 3 is 2.52 bits per heavy atom. The van der Waals surface area contributed by atoms with Crippen LogP contribution in [0.4, 0.5) is 4.79 Å². The smallest absolute Gasteiger partial charge is 0.329 e. The van der Waals surface area contributed by atoms with E-state index in [0.717, 1.165) is 4.90 Å². The molecule has 9 nitrogen and oxygen atoms in total. The number of amides is 4. The lowest BCUT2D eigenvalue weighted by Crippen LogP contribution is -2.46. The number of nitrogens with one attached hydrogen (secondary N) is 2. The lowest BCUT2D eigenvalue weighted by Gasteiger charge is -2.22. The van der Waals surface area contributed by atoms with Gasteiger partial charge < -0.3 is 20.1 Å². The SMILES string of the molecule is COc1ccc(C(=O)N[C@H](CCSC)C(=O)O[C@H](C)C(=O)N2CCNC2=O)cc1. The molecule has 0 bridgehead atoms. The molecular weight excluding hydrogens is 398 g/mol. The van der Waals surface area contributed by atoms with Crippen molar-refractivity contribution in [3.05, 3.63) is 29.8 Å². The maximum Gasteiger partial charge on any atom is 0.329 e. The first-order chi connectivity index (χ1) is 13.9. The van der Waals surface area contributed by atoms with Crippen LogP contribution < -0.4 is 15.4 Å². The Morgan fingerprint density at radius 1 is 1.28 bits per heavy atom. The molecule has 0 saturated carbocycles. The predicted octanol–water partition coefficient (Wildman–Crippen LogP) is 1.03. The van der Waals surface area contributed by atoms with E-state index in [0.29, 0.717) is 30.0 Å². The van der Waals surface area contributed by atoms with Crippen LogP contribution >= 0.6 is 11.8 Å². The van der Waals surface area contributed by atoms with E-state index < -0.39 is 36.0 Å². The number of hydrogen-bond acceptors (Lipinski definition) is 7. The summed E-state index contributed by atoms with van der Waals surface area (Å²) >= 11 is 1.52. The van der Waals surface area contributed by atoms with E-state index >= 15 is 0 Å². The summed E-state index contributed by atoms with van der Waals surface area (Å²) in [6.45, 7) is 1.99. The number of esters is 1. The van der Waals surface area contributed by atoms with Crippen LogP contribution in [0.25, 0.3) is 0 Å². The molecule has 0 spiro atoms. The molecule has 29 heavy (non-hydrogen) atoms. The fourth-order valence-corrected chi connectivity index (χ4v) is 3.15. The Balaban J connectivity index is 2.01. The molecule has 0 aromatic heterocycles. The zero-order valence-electron chi connectivity index (χ0n) is 16.6. The number of rotatable bonds is 9. The van der Waals surface area contributed by atoms with Crippen LogP contribution in [0.15, 0.2) is 24.3 Å². The highest BCUT2D eigenvalue weighted by atomic mass is 32.2. The largest absolute Gasteiger partial charge is 0.497 e. The van der Waals surface area contributed by atoms with Crippen molar-refractivity contribution in [1.29, 1.82) is 0 Å². The van der Waals surface area contributed by atoms with E-state index in [1.165, 1.54) is 25.8 Å². The molecule has 10 heteroatoms. The van der Waals surface area contributed by atoms with E-state index in [2.05, 4.69) is 10.6 Å². The minimum Gasteiger partial charge on any atom is -0.497 e. The van der Waals surface area contributed by atoms with Gasteiger partial charge in [0.15, 0.2) is 6.10 Å². The zero-order valence-corrected chi connectivity index (χ0v) is 17.4. The number of methoxy groups -OCH3 is 1. The summed E-state index contributed by atoms with van der Waals surface area (Å²) in [5, 5.41) is 5.17. The number of urea groups is 1. The number of benzene rings is 1. The van der Waals surface area contributed by atoms with Crippen LogP contribution in [0.3, 0.4) is 0 Å². The highest BCUT2D eigenvalue weighted by Crippen LogP contribution is 2.13. The summed E-state index contributed by atoms with van der Waals surface area (Å²) in [5.41, 5.74) is 0.366. The van der Waals surface area contributed by atoms with Crippen molar-refractivity contribution < 1.29 is 28.7 Å². The molecule has 4 amide bonds. The molecule has 1 aliphatic rings. The number of thioether (sulfide) groups is 1. The highest BCUT2D eigenvalue weighted by molar-refractivity contribution is 7.98. The molecule has 1 heterocycles. The van der Waals surface area contributed by atoms with Gasteiger partial charge in [0.1, 0.15) is 11.8 Å². The van der Waals surface area contributed by atoms with Gasteiger partial charge in [-0.2, -0.15) is 11.8 Å². The van der Waals surface area contributed by atoms with Gasteiger partial charge in [0.2, 0.25) is 0 Å². The van der Waals surface area contributed by atoms with Gasteiger partial charge in [0, 0.05) is 18.7 Å². The first kappa shape index (κ1) is 22.5. The third-order valence-electron chi connectivity index (χ3n) is 4.32. The Bertz CT molecular complexity index is 755. The summed E-state index contributed by atoms with van der Waals surface area (Å²) < 4.78 is 10.3. The molecule has 1 aromatic carbocycles. The third-order valence-corrected chi connectivity index (χ3v) is 4.96. The van der Waals surface area contributed by atoms with Gasteiger partial charge in [-0.1, -0.05) is 0 Å². The second-order valence-corrected chi connectivity index (χ2v) is 7.32. The lowest BCUT2D eigenvalue weighted by atomic mass is 10.1. The summed E-state index contributed by atoms with van der Waals surface area (Å²) in [7, 11) is 1.53.